The molecule has 1 aliphatic rings. The van der Waals surface area contributed by atoms with Gasteiger partial charge in [0.2, 0.25) is 11.7 Å². The molecule has 2 aromatic rings. The van der Waals surface area contributed by atoms with E-state index in [1.807, 2.05) is 4.68 Å². The Morgan fingerprint density at radius 3 is 2.75 bits per heavy atom. The van der Waals surface area contributed by atoms with Crippen molar-refractivity contribution in [1.82, 2.24) is 24.8 Å². The van der Waals surface area contributed by atoms with Gasteiger partial charge in [-0.25, -0.2) is 0 Å². The van der Waals surface area contributed by atoms with Crippen LogP contribution in [0, 0.1) is 6.92 Å². The Kier molecular flexibility index (Phi) is 3.52. The molecule has 0 spiro atoms. The molecule has 0 unspecified atom stereocenters. The lowest BCUT2D eigenvalue weighted by atomic mass is 10.2. The summed E-state index contributed by atoms with van der Waals surface area (Å²) in [7, 11) is 0. The van der Waals surface area contributed by atoms with Gasteiger partial charge in [-0.05, 0) is 20.3 Å². The van der Waals surface area contributed by atoms with E-state index in [0.717, 1.165) is 31.7 Å². The molecule has 1 aliphatic heterocycles. The maximum atomic E-state index is 6.50. The molecule has 0 amide bonds. The molecule has 6 nitrogen and oxygen atoms in total. The van der Waals surface area contributed by atoms with Crippen molar-refractivity contribution < 1.29 is 4.52 Å². The molecular formula is C13H18ClN5O. The van der Waals surface area contributed by atoms with E-state index in [9.17, 15) is 0 Å². The van der Waals surface area contributed by atoms with Gasteiger partial charge in [0.05, 0.1) is 10.7 Å². The minimum Gasteiger partial charge on any atom is -0.339 e. The third kappa shape index (κ3) is 2.33. The molecule has 0 aliphatic carbocycles. The van der Waals surface area contributed by atoms with Gasteiger partial charge >= 0.3 is 0 Å². The second kappa shape index (κ2) is 5.18. The van der Waals surface area contributed by atoms with Crippen LogP contribution in [-0.2, 0) is 13.1 Å². The van der Waals surface area contributed by atoms with Crippen LogP contribution in [0.1, 0.15) is 31.9 Å². The molecule has 0 saturated heterocycles. The van der Waals surface area contributed by atoms with Crippen LogP contribution >= 0.6 is 11.6 Å². The van der Waals surface area contributed by atoms with Gasteiger partial charge in [0.15, 0.2) is 5.69 Å². The Hall–Kier alpha value is -1.40. The molecule has 0 aromatic carbocycles. The minimum atomic E-state index is 0.462. The van der Waals surface area contributed by atoms with E-state index in [1.54, 1.807) is 6.92 Å². The third-order valence-electron chi connectivity index (χ3n) is 3.63. The standard InChI is InChI=1S/C13H18ClN5O/c1-8(2)18-5-4-6-19-10(7-18)11(14)12(16-19)13-15-9(3)20-17-13/h8H,4-7H2,1-3H3. The lowest BCUT2D eigenvalue weighted by Gasteiger charge is -2.23. The van der Waals surface area contributed by atoms with Crippen LogP contribution in [0.5, 0.6) is 0 Å². The molecule has 0 fully saturated rings. The van der Waals surface area contributed by atoms with E-state index in [4.69, 9.17) is 16.1 Å². The first-order chi connectivity index (χ1) is 9.56. The lowest BCUT2D eigenvalue weighted by molar-refractivity contribution is 0.216. The van der Waals surface area contributed by atoms with Gasteiger partial charge < -0.3 is 4.52 Å². The average Bonchev–Trinajstić information content (AvgIpc) is 2.86. The number of aryl methyl sites for hydroxylation is 2. The summed E-state index contributed by atoms with van der Waals surface area (Å²) in [6, 6.07) is 0.489. The van der Waals surface area contributed by atoms with Gasteiger partial charge in [0.1, 0.15) is 0 Å². The van der Waals surface area contributed by atoms with Crippen LogP contribution in [0.25, 0.3) is 11.5 Å². The molecule has 3 heterocycles. The summed E-state index contributed by atoms with van der Waals surface area (Å²) in [5.41, 5.74) is 1.65. The summed E-state index contributed by atoms with van der Waals surface area (Å²) < 4.78 is 6.99. The van der Waals surface area contributed by atoms with Crippen molar-refractivity contribution in [2.45, 2.75) is 46.3 Å². The second-order valence-electron chi connectivity index (χ2n) is 5.39. The number of halogens is 1. The molecule has 0 saturated carbocycles. The zero-order valence-corrected chi connectivity index (χ0v) is 12.7. The monoisotopic (exact) mass is 295 g/mol. The highest BCUT2D eigenvalue weighted by Crippen LogP contribution is 2.31. The maximum Gasteiger partial charge on any atom is 0.224 e. The first-order valence-corrected chi connectivity index (χ1v) is 7.24. The summed E-state index contributed by atoms with van der Waals surface area (Å²) in [5.74, 6) is 0.979. The molecule has 108 valence electrons. The van der Waals surface area contributed by atoms with Gasteiger partial charge in [-0.15, -0.1) is 0 Å². The van der Waals surface area contributed by atoms with Gasteiger partial charge in [-0.1, -0.05) is 16.8 Å². The van der Waals surface area contributed by atoms with Gasteiger partial charge in [-0.2, -0.15) is 10.1 Å². The highest BCUT2D eigenvalue weighted by molar-refractivity contribution is 6.33. The zero-order valence-electron chi connectivity index (χ0n) is 11.9. The fourth-order valence-corrected chi connectivity index (χ4v) is 2.76. The summed E-state index contributed by atoms with van der Waals surface area (Å²) in [6.07, 6.45) is 1.06. The predicted octanol–water partition coefficient (Wildman–Crippen LogP) is 2.51. The second-order valence-corrected chi connectivity index (χ2v) is 5.77. The topological polar surface area (TPSA) is 60.0 Å². The molecule has 0 N–H and O–H groups in total. The van der Waals surface area contributed by atoms with Crippen LogP contribution in [-0.4, -0.2) is 37.4 Å². The Balaban J connectivity index is 2.00. The SMILES string of the molecule is Cc1nc(-c2nn3c(c2Cl)CN(C(C)C)CCC3)no1. The summed E-state index contributed by atoms with van der Waals surface area (Å²) in [6.45, 7) is 8.89. The molecule has 2 aromatic heterocycles. The van der Waals surface area contributed by atoms with Crippen molar-refractivity contribution in [2.75, 3.05) is 6.54 Å². The van der Waals surface area contributed by atoms with Crippen molar-refractivity contribution in [1.29, 1.82) is 0 Å². The van der Waals surface area contributed by atoms with Gasteiger partial charge in [0.25, 0.3) is 0 Å². The van der Waals surface area contributed by atoms with E-state index in [2.05, 4.69) is 34.0 Å². The van der Waals surface area contributed by atoms with E-state index in [-0.39, 0.29) is 0 Å². The lowest BCUT2D eigenvalue weighted by Crippen LogP contribution is -2.30. The van der Waals surface area contributed by atoms with Crippen LogP contribution in [0.2, 0.25) is 5.02 Å². The fourth-order valence-electron chi connectivity index (χ4n) is 2.49. The number of hydrogen-bond donors (Lipinski definition) is 0. The van der Waals surface area contributed by atoms with Crippen molar-refractivity contribution in [3.63, 3.8) is 0 Å². The van der Waals surface area contributed by atoms with Gasteiger partial charge in [0, 0.05) is 32.6 Å². The molecule has 20 heavy (non-hydrogen) atoms. The number of rotatable bonds is 2. The molecule has 3 rings (SSSR count). The number of hydrogen-bond acceptors (Lipinski definition) is 5. The molecular weight excluding hydrogens is 278 g/mol. The van der Waals surface area contributed by atoms with Crippen molar-refractivity contribution in [3.8, 4) is 11.5 Å². The van der Waals surface area contributed by atoms with Crippen LogP contribution in [0.15, 0.2) is 4.52 Å². The quantitative estimate of drug-likeness (QED) is 0.852. The van der Waals surface area contributed by atoms with Crippen molar-refractivity contribution in [3.05, 3.63) is 16.6 Å². The Morgan fingerprint density at radius 2 is 2.10 bits per heavy atom. The molecule has 0 radical (unpaired) electrons. The van der Waals surface area contributed by atoms with Crippen LogP contribution < -0.4 is 0 Å². The first-order valence-electron chi connectivity index (χ1n) is 6.86. The van der Waals surface area contributed by atoms with Crippen molar-refractivity contribution >= 4 is 11.6 Å². The van der Waals surface area contributed by atoms with Crippen molar-refractivity contribution in [2.24, 2.45) is 0 Å². The fraction of sp³-hybridized carbons (Fsp3) is 0.615. The predicted molar refractivity (Wildman–Crippen MR) is 75.4 cm³/mol. The highest BCUT2D eigenvalue weighted by Gasteiger charge is 2.25. The largest absolute Gasteiger partial charge is 0.339 e. The normalized spacial score (nSPS) is 16.4. The van der Waals surface area contributed by atoms with E-state index in [1.165, 1.54) is 0 Å². The maximum absolute atomic E-state index is 6.50. The molecule has 0 bridgehead atoms. The van der Waals surface area contributed by atoms with Crippen LogP contribution in [0.4, 0.5) is 0 Å². The van der Waals surface area contributed by atoms with E-state index in [0.29, 0.717) is 28.5 Å². The Morgan fingerprint density at radius 1 is 1.30 bits per heavy atom. The Labute approximate surface area is 122 Å². The van der Waals surface area contributed by atoms with Gasteiger partial charge in [-0.3, -0.25) is 9.58 Å². The number of nitrogens with zero attached hydrogens (tertiary/aromatic N) is 5. The minimum absolute atomic E-state index is 0.462. The first kappa shape index (κ1) is 13.6. The summed E-state index contributed by atoms with van der Waals surface area (Å²) >= 11 is 6.50. The number of aromatic nitrogens is 4. The smallest absolute Gasteiger partial charge is 0.224 e. The average molecular weight is 296 g/mol. The summed E-state index contributed by atoms with van der Waals surface area (Å²) in [5, 5.41) is 9.11. The van der Waals surface area contributed by atoms with E-state index < -0.39 is 0 Å². The zero-order chi connectivity index (χ0) is 14.3. The highest BCUT2D eigenvalue weighted by atomic mass is 35.5. The summed E-state index contributed by atoms with van der Waals surface area (Å²) in [4.78, 5) is 6.61. The Bertz CT molecular complexity index is 618. The van der Waals surface area contributed by atoms with E-state index >= 15 is 0 Å². The van der Waals surface area contributed by atoms with Crippen LogP contribution in [0.3, 0.4) is 0 Å². The molecule has 0 atom stereocenters. The molecule has 7 heteroatoms. The number of fused-ring (bicyclic) bond motifs is 1. The third-order valence-corrected chi connectivity index (χ3v) is 4.03.